The monoisotopic (exact) mass is 898 g/mol. The van der Waals surface area contributed by atoms with Gasteiger partial charge in [-0.25, -0.2) is 4.98 Å². The predicted octanol–water partition coefficient (Wildman–Crippen LogP) is 16.8. The van der Waals surface area contributed by atoms with E-state index in [9.17, 15) is 0 Å². The van der Waals surface area contributed by atoms with Crippen molar-refractivity contribution in [2.75, 3.05) is 16.5 Å². The van der Waals surface area contributed by atoms with Crippen molar-refractivity contribution in [3.05, 3.63) is 240 Å². The number of pyridine rings is 1. The van der Waals surface area contributed by atoms with Crippen LogP contribution in [0, 0.1) is 0 Å². The van der Waals surface area contributed by atoms with Crippen LogP contribution in [-0.4, -0.2) is 16.2 Å². The Kier molecular flexibility index (Phi) is 10.8. The molecule has 3 heterocycles. The lowest BCUT2D eigenvalue weighted by atomic mass is 9.78. The van der Waals surface area contributed by atoms with Gasteiger partial charge in [0.2, 0.25) is 0 Å². The van der Waals surface area contributed by atoms with Gasteiger partial charge in [-0.2, -0.15) is 0 Å². The zero-order chi connectivity index (χ0) is 47.5. The molecule has 0 bridgehead atoms. The molecule has 0 spiro atoms. The standard InChI is InChI=1S/C64H58N4O/c1-62(2,3)50-36-45(44-20-11-8-12-21-44)37-52(38-50)67-43-66(60-39-48(30-33-58(60)67)63(4,5)46-22-13-9-14-23-46)51-26-19-27-53(41-51)69-54-31-32-56-55-28-17-18-29-57(55)68(59(56)42-54)61-40-49(34-35-65-61)64(6,7)47-24-15-10-16-25-47/h8-42H,43H2,1-7H3. The SMILES string of the molecule is CC(C)(C)c1cc(-c2ccccc2)cc(N2CN(c3cccc(Oc4ccc5c6ccccc6n(-c6cc(C(C)(C)c7ccccc7)ccn6)c5c4)c3)c3cc(C(C)(C)c4ccccc4)ccc32)c1. The lowest BCUT2D eigenvalue weighted by Crippen LogP contribution is -2.24. The highest BCUT2D eigenvalue weighted by atomic mass is 16.5. The summed E-state index contributed by atoms with van der Waals surface area (Å²) in [4.78, 5) is 9.91. The molecule has 1 aliphatic heterocycles. The third-order valence-electron chi connectivity index (χ3n) is 14.5. The maximum Gasteiger partial charge on any atom is 0.137 e. The molecule has 2 aromatic heterocycles. The van der Waals surface area contributed by atoms with Crippen LogP contribution in [0.2, 0.25) is 0 Å². The minimum absolute atomic E-state index is 0.0474. The first-order chi connectivity index (χ1) is 33.3. The molecule has 0 amide bonds. The van der Waals surface area contributed by atoms with Gasteiger partial charge in [-0.3, -0.25) is 4.57 Å². The number of para-hydroxylation sites is 1. The quantitative estimate of drug-likeness (QED) is 0.137. The van der Waals surface area contributed by atoms with Crippen LogP contribution in [0.4, 0.5) is 22.7 Å². The average molecular weight is 899 g/mol. The molecular weight excluding hydrogens is 841 g/mol. The summed E-state index contributed by atoms with van der Waals surface area (Å²) in [6.45, 7) is 16.7. The highest BCUT2D eigenvalue weighted by Gasteiger charge is 2.33. The predicted molar refractivity (Wildman–Crippen MR) is 288 cm³/mol. The second kappa shape index (κ2) is 17.0. The summed E-state index contributed by atoms with van der Waals surface area (Å²) in [5.74, 6) is 2.39. The van der Waals surface area contributed by atoms with E-state index in [2.05, 4.69) is 269 Å². The Labute approximate surface area is 406 Å². The fourth-order valence-electron chi connectivity index (χ4n) is 10.2. The summed E-state index contributed by atoms with van der Waals surface area (Å²) in [5, 5.41) is 2.32. The van der Waals surface area contributed by atoms with Crippen LogP contribution in [0.15, 0.2) is 212 Å². The van der Waals surface area contributed by atoms with Crippen molar-refractivity contribution in [1.29, 1.82) is 0 Å². The molecule has 10 aromatic rings. The van der Waals surface area contributed by atoms with Crippen LogP contribution in [-0.2, 0) is 16.2 Å². The van der Waals surface area contributed by atoms with Gasteiger partial charge in [0.15, 0.2) is 0 Å². The average Bonchev–Trinajstić information content (AvgIpc) is 3.93. The molecule has 11 rings (SSSR count). The normalized spacial score (nSPS) is 13.0. The number of anilines is 4. The van der Waals surface area contributed by atoms with Crippen LogP contribution in [0.25, 0.3) is 38.8 Å². The molecule has 0 saturated carbocycles. The number of ether oxygens (including phenoxy) is 1. The van der Waals surface area contributed by atoms with E-state index >= 15 is 0 Å². The third kappa shape index (κ3) is 8.02. The lowest BCUT2D eigenvalue weighted by Gasteiger charge is -2.28. The van der Waals surface area contributed by atoms with Crippen molar-refractivity contribution in [2.24, 2.45) is 0 Å². The van der Waals surface area contributed by atoms with E-state index in [1.807, 2.05) is 6.20 Å². The Morgan fingerprint density at radius 1 is 0.406 bits per heavy atom. The fourth-order valence-corrected chi connectivity index (χ4v) is 10.2. The molecule has 0 unspecified atom stereocenters. The third-order valence-corrected chi connectivity index (χ3v) is 14.5. The Hall–Kier alpha value is -7.89. The Balaban J connectivity index is 0.986. The van der Waals surface area contributed by atoms with Gasteiger partial charge in [0.05, 0.1) is 22.4 Å². The van der Waals surface area contributed by atoms with E-state index in [1.165, 1.54) is 55.7 Å². The van der Waals surface area contributed by atoms with Gasteiger partial charge in [-0.15, -0.1) is 0 Å². The van der Waals surface area contributed by atoms with Crippen molar-refractivity contribution in [2.45, 2.75) is 64.7 Å². The molecule has 69 heavy (non-hydrogen) atoms. The van der Waals surface area contributed by atoms with E-state index in [-0.39, 0.29) is 16.2 Å². The first-order valence-corrected chi connectivity index (χ1v) is 24.1. The number of fused-ring (bicyclic) bond motifs is 4. The molecular formula is C64H58N4O. The van der Waals surface area contributed by atoms with Crippen molar-refractivity contribution < 1.29 is 4.74 Å². The van der Waals surface area contributed by atoms with Gasteiger partial charge in [0.1, 0.15) is 24.0 Å². The molecule has 5 nitrogen and oxygen atoms in total. The van der Waals surface area contributed by atoms with Gasteiger partial charge < -0.3 is 14.5 Å². The van der Waals surface area contributed by atoms with E-state index in [4.69, 9.17) is 9.72 Å². The molecule has 0 fully saturated rings. The molecule has 8 aromatic carbocycles. The Morgan fingerprint density at radius 2 is 1.03 bits per heavy atom. The van der Waals surface area contributed by atoms with Gasteiger partial charge in [-0.05, 0) is 111 Å². The smallest absolute Gasteiger partial charge is 0.137 e. The fraction of sp³-hybridized carbons (Fsp3) is 0.172. The summed E-state index contributed by atoms with van der Waals surface area (Å²) < 4.78 is 9.17. The minimum atomic E-state index is -0.219. The highest BCUT2D eigenvalue weighted by Crippen LogP contribution is 2.49. The zero-order valence-corrected chi connectivity index (χ0v) is 40.6. The molecule has 5 heteroatoms. The lowest BCUT2D eigenvalue weighted by molar-refractivity contribution is 0.483. The van der Waals surface area contributed by atoms with Crippen LogP contribution >= 0.6 is 0 Å². The molecule has 0 saturated heterocycles. The van der Waals surface area contributed by atoms with Crippen molar-refractivity contribution in [3.8, 4) is 28.4 Å². The summed E-state index contributed by atoms with van der Waals surface area (Å²) >= 11 is 0. The number of hydrogen-bond donors (Lipinski definition) is 0. The van der Waals surface area contributed by atoms with Crippen molar-refractivity contribution in [3.63, 3.8) is 0 Å². The number of benzene rings is 8. The number of nitrogens with zero attached hydrogens (tertiary/aromatic N) is 4. The number of aromatic nitrogens is 2. The van der Waals surface area contributed by atoms with Crippen LogP contribution < -0.4 is 14.5 Å². The topological polar surface area (TPSA) is 33.5 Å². The molecule has 340 valence electrons. The van der Waals surface area contributed by atoms with Crippen molar-refractivity contribution in [1.82, 2.24) is 9.55 Å². The number of hydrogen-bond acceptors (Lipinski definition) is 4. The van der Waals surface area contributed by atoms with E-state index in [0.717, 1.165) is 45.1 Å². The number of rotatable bonds is 10. The summed E-state index contributed by atoms with van der Waals surface area (Å²) in [6.07, 6.45) is 1.94. The minimum Gasteiger partial charge on any atom is -0.457 e. The van der Waals surface area contributed by atoms with E-state index in [0.29, 0.717) is 6.67 Å². The molecule has 0 atom stereocenters. The van der Waals surface area contributed by atoms with Crippen LogP contribution in [0.1, 0.15) is 76.3 Å². The highest BCUT2D eigenvalue weighted by molar-refractivity contribution is 6.09. The van der Waals surface area contributed by atoms with Crippen molar-refractivity contribution >= 4 is 44.6 Å². The van der Waals surface area contributed by atoms with Gasteiger partial charge in [0.25, 0.3) is 0 Å². The van der Waals surface area contributed by atoms with Gasteiger partial charge in [0, 0.05) is 51.3 Å². The Bertz CT molecular complexity index is 3490. The largest absolute Gasteiger partial charge is 0.457 e. The van der Waals surface area contributed by atoms with Gasteiger partial charge in [-0.1, -0.05) is 176 Å². The summed E-state index contributed by atoms with van der Waals surface area (Å²) in [6, 6.07) is 74.4. The zero-order valence-electron chi connectivity index (χ0n) is 40.6. The van der Waals surface area contributed by atoms with Gasteiger partial charge >= 0.3 is 0 Å². The first-order valence-electron chi connectivity index (χ1n) is 24.1. The second-order valence-corrected chi connectivity index (χ2v) is 20.6. The van der Waals surface area contributed by atoms with E-state index < -0.39 is 0 Å². The van der Waals surface area contributed by atoms with Crippen LogP contribution in [0.5, 0.6) is 11.5 Å². The molecule has 1 aliphatic rings. The molecule has 0 radical (unpaired) electrons. The summed E-state index contributed by atoms with van der Waals surface area (Å²) in [7, 11) is 0. The summed E-state index contributed by atoms with van der Waals surface area (Å²) in [5.41, 5.74) is 14.9. The molecule has 0 aliphatic carbocycles. The molecule has 0 N–H and O–H groups in total. The maximum atomic E-state index is 6.89. The second-order valence-electron chi connectivity index (χ2n) is 20.6. The van der Waals surface area contributed by atoms with E-state index in [1.54, 1.807) is 0 Å². The van der Waals surface area contributed by atoms with Crippen LogP contribution in [0.3, 0.4) is 0 Å². The maximum absolute atomic E-state index is 6.89. The first kappa shape index (κ1) is 43.7. The Morgan fingerprint density at radius 3 is 1.74 bits per heavy atom.